The minimum absolute atomic E-state index is 0.667. The Morgan fingerprint density at radius 2 is 1.64 bits per heavy atom. The van der Waals surface area contributed by atoms with E-state index in [0.29, 0.717) is 0 Å². The summed E-state index contributed by atoms with van der Waals surface area (Å²) in [4.78, 5) is 25.0. The fourth-order valence-electron chi connectivity index (χ4n) is 5.49. The van der Waals surface area contributed by atoms with Crippen LogP contribution in [0, 0.1) is 0 Å². The van der Waals surface area contributed by atoms with Gasteiger partial charge in [0.2, 0.25) is 5.91 Å². The van der Waals surface area contributed by atoms with Crippen LogP contribution in [0.15, 0.2) is 0 Å². The maximum atomic E-state index is 13.2. The fourth-order valence-corrected chi connectivity index (χ4v) is 5.49. The number of carbonyl (C=O) groups excluding carboxylic acids is 2. The third kappa shape index (κ3) is 6.14. The van der Waals surface area contributed by atoms with E-state index >= 15 is 0 Å². The Labute approximate surface area is 237 Å². The molecule has 4 fully saturated rings. The Hall–Kier alpha value is -1.66. The lowest BCUT2D eigenvalue weighted by Crippen LogP contribution is -2.74. The number of hydrogen-bond acceptors (Lipinski definition) is 18. The van der Waals surface area contributed by atoms with E-state index in [1.807, 2.05) is 0 Å². The van der Waals surface area contributed by atoms with E-state index < -0.39 is 136 Å². The van der Waals surface area contributed by atoms with Gasteiger partial charge in [-0.25, -0.2) is 4.79 Å². The van der Waals surface area contributed by atoms with E-state index in [1.54, 1.807) is 0 Å². The van der Waals surface area contributed by atoms with E-state index in [2.05, 4.69) is 5.32 Å². The lowest BCUT2D eigenvalue weighted by Gasteiger charge is -2.54. The number of ether oxygens (including phenoxy) is 6. The predicted molar refractivity (Wildman–Crippen MR) is 126 cm³/mol. The van der Waals surface area contributed by atoms with Crippen LogP contribution in [0.5, 0.6) is 0 Å². The van der Waals surface area contributed by atoms with Gasteiger partial charge in [0.05, 0.1) is 32.0 Å². The third-order valence-electron chi connectivity index (χ3n) is 7.67. The largest absolute Gasteiger partial charge is 0.453 e. The van der Waals surface area contributed by atoms with Crippen LogP contribution in [-0.2, 0) is 38.0 Å². The Bertz CT molecular complexity index is 956. The predicted octanol–water partition coefficient (Wildman–Crippen LogP) is -7.74. The van der Waals surface area contributed by atoms with Crippen molar-refractivity contribution in [3.8, 4) is 0 Å². The van der Waals surface area contributed by atoms with Gasteiger partial charge in [-0.2, -0.15) is 0 Å². The van der Waals surface area contributed by atoms with Gasteiger partial charge < -0.3 is 84.8 Å². The van der Waals surface area contributed by atoms with Crippen molar-refractivity contribution in [1.82, 2.24) is 5.32 Å². The number of fused-ring (bicyclic) bond motifs is 1. The summed E-state index contributed by atoms with van der Waals surface area (Å²) in [5, 5.41) is 104. The molecule has 4 saturated heterocycles. The molecule has 4 aliphatic rings. The summed E-state index contributed by atoms with van der Waals surface area (Å²) in [5.74, 6) is -4.50. The number of aliphatic hydroxyl groups excluding tert-OH is 10. The number of rotatable bonds is 8. The average Bonchev–Trinajstić information content (AvgIpc) is 2.95. The summed E-state index contributed by atoms with van der Waals surface area (Å²) < 4.78 is 33.1. The van der Waals surface area contributed by atoms with Gasteiger partial charge in [0.15, 0.2) is 18.7 Å². The highest BCUT2D eigenvalue weighted by Gasteiger charge is 2.64. The highest BCUT2D eigenvalue weighted by atomic mass is 16.8. The summed E-state index contributed by atoms with van der Waals surface area (Å²) >= 11 is 0. The lowest BCUT2D eigenvalue weighted by molar-refractivity contribution is -0.404. The molecule has 16 atom stereocenters. The Balaban J connectivity index is 1.61. The molecule has 0 aliphatic carbocycles. The molecule has 0 aromatic carbocycles. The molecule has 0 radical (unpaired) electrons. The van der Waals surface area contributed by atoms with Crippen molar-refractivity contribution in [3.63, 3.8) is 0 Å². The van der Waals surface area contributed by atoms with E-state index in [-0.39, 0.29) is 0 Å². The molecule has 4 heterocycles. The van der Waals surface area contributed by atoms with Gasteiger partial charge in [0, 0.05) is 13.3 Å². The number of amides is 1. The monoisotopic (exact) mass is 615 g/mol. The highest BCUT2D eigenvalue weighted by Crippen LogP contribution is 2.42. The van der Waals surface area contributed by atoms with Crippen LogP contribution in [-0.4, -0.2) is 180 Å². The molecule has 1 spiro atoms. The van der Waals surface area contributed by atoms with Crippen molar-refractivity contribution in [2.45, 2.75) is 111 Å². The molecule has 0 bridgehead atoms. The molecular formula is C23H37NO18. The second-order valence-electron chi connectivity index (χ2n) is 10.6. The molecule has 0 aromatic heterocycles. The number of carbonyl (C=O) groups is 2. The fraction of sp³-hybridized carbons (Fsp3) is 0.913. The second-order valence-corrected chi connectivity index (χ2v) is 10.6. The van der Waals surface area contributed by atoms with Crippen molar-refractivity contribution in [2.75, 3.05) is 19.8 Å². The van der Waals surface area contributed by atoms with Gasteiger partial charge in [-0.3, -0.25) is 4.79 Å². The zero-order valence-electron chi connectivity index (χ0n) is 22.2. The van der Waals surface area contributed by atoms with Crippen LogP contribution in [0.4, 0.5) is 0 Å². The van der Waals surface area contributed by atoms with Gasteiger partial charge in [0.25, 0.3) is 5.79 Å². The van der Waals surface area contributed by atoms with Crippen molar-refractivity contribution in [3.05, 3.63) is 0 Å². The molecular weight excluding hydrogens is 578 g/mol. The Morgan fingerprint density at radius 3 is 2.24 bits per heavy atom. The minimum Gasteiger partial charge on any atom is -0.453 e. The van der Waals surface area contributed by atoms with Crippen LogP contribution in [0.25, 0.3) is 0 Å². The first-order valence-corrected chi connectivity index (χ1v) is 13.2. The van der Waals surface area contributed by atoms with Crippen molar-refractivity contribution >= 4 is 11.9 Å². The summed E-state index contributed by atoms with van der Waals surface area (Å²) in [6, 6.07) is -1.40. The third-order valence-corrected chi connectivity index (χ3v) is 7.67. The minimum atomic E-state index is -2.55. The molecule has 4 rings (SSSR count). The van der Waals surface area contributed by atoms with Crippen LogP contribution < -0.4 is 5.32 Å². The maximum absolute atomic E-state index is 13.2. The van der Waals surface area contributed by atoms with E-state index in [4.69, 9.17) is 28.4 Å². The van der Waals surface area contributed by atoms with Gasteiger partial charge in [-0.05, 0) is 0 Å². The normalized spacial score (nSPS) is 47.3. The van der Waals surface area contributed by atoms with E-state index in [1.165, 1.54) is 0 Å². The Morgan fingerprint density at radius 1 is 0.976 bits per heavy atom. The summed E-state index contributed by atoms with van der Waals surface area (Å²) in [6.45, 7) is -1.48. The molecule has 11 N–H and O–H groups in total. The Kier molecular flexibility index (Phi) is 10.4. The summed E-state index contributed by atoms with van der Waals surface area (Å²) in [6.07, 6.45) is -24.8. The standard InChI is InChI=1S/C23H37NO18/c1-6(28)24-11-7(29)2-23(41-18(11)12(31)8(30)3-25)22(36)40-17-10(5-27)38-21(15(34)19(17)42-23)39-16-9(4-26)37-20(35)14(33)13(16)32/h7-21,25-27,29-35H,2-5H2,1H3,(H,24,28)/t7-,8+,9+,10+,11+,12+,13+,14+,15+,16+,17-,18+,19+,20?,21-,23-/m0/s1. The molecule has 42 heavy (non-hydrogen) atoms. The van der Waals surface area contributed by atoms with Crippen LogP contribution in [0.2, 0.25) is 0 Å². The topological polar surface area (TPSA) is 304 Å². The van der Waals surface area contributed by atoms with Gasteiger partial charge in [-0.1, -0.05) is 0 Å². The zero-order valence-corrected chi connectivity index (χ0v) is 22.2. The first-order valence-electron chi connectivity index (χ1n) is 13.2. The number of esters is 1. The number of nitrogens with one attached hydrogen (secondary N) is 1. The first-order chi connectivity index (χ1) is 19.8. The summed E-state index contributed by atoms with van der Waals surface area (Å²) in [7, 11) is 0. The van der Waals surface area contributed by atoms with Crippen molar-refractivity contribution in [2.24, 2.45) is 0 Å². The first kappa shape index (κ1) is 33.2. The van der Waals surface area contributed by atoms with E-state index in [9.17, 15) is 60.7 Å². The lowest BCUT2D eigenvalue weighted by atomic mass is 9.87. The van der Waals surface area contributed by atoms with Gasteiger partial charge in [0.1, 0.15) is 61.0 Å². The molecule has 0 aromatic rings. The van der Waals surface area contributed by atoms with E-state index in [0.717, 1.165) is 6.92 Å². The molecule has 0 saturated carbocycles. The second kappa shape index (κ2) is 13.1. The smallest absolute Gasteiger partial charge is 0.367 e. The summed E-state index contributed by atoms with van der Waals surface area (Å²) in [5.41, 5.74) is 0. The van der Waals surface area contributed by atoms with Crippen LogP contribution in [0.1, 0.15) is 13.3 Å². The molecule has 19 heteroatoms. The average molecular weight is 616 g/mol. The number of aliphatic hydroxyl groups is 10. The van der Waals surface area contributed by atoms with Crippen molar-refractivity contribution in [1.29, 1.82) is 0 Å². The van der Waals surface area contributed by atoms with Crippen LogP contribution >= 0.6 is 0 Å². The zero-order chi connectivity index (χ0) is 31.1. The molecule has 1 unspecified atom stereocenters. The SMILES string of the molecule is CC(=O)N[C@H]1[C@H]([C@H](O)[C@H](O)CO)O[C@@]2(C[C@@H]1O)O[C@@H]1[C@@H](O)[C@H](O[C@H]3[C@H](O)[C@@H](O)C(O)O[C@@H]3CO)O[C@H](CO)[C@@H]1OC2=O. The van der Waals surface area contributed by atoms with Crippen LogP contribution in [0.3, 0.4) is 0 Å². The molecule has 4 aliphatic heterocycles. The molecule has 1 amide bonds. The van der Waals surface area contributed by atoms with Gasteiger partial charge >= 0.3 is 5.97 Å². The highest BCUT2D eigenvalue weighted by molar-refractivity contribution is 5.79. The molecule has 242 valence electrons. The van der Waals surface area contributed by atoms with Gasteiger partial charge in [-0.15, -0.1) is 0 Å². The number of hydrogen-bond donors (Lipinski definition) is 11. The van der Waals surface area contributed by atoms with Crippen molar-refractivity contribution < 1.29 is 89.1 Å². The molecule has 19 nitrogen and oxygen atoms in total. The maximum Gasteiger partial charge on any atom is 0.367 e. The quantitative estimate of drug-likeness (QED) is 0.113.